The Labute approximate surface area is 105 Å². The van der Waals surface area contributed by atoms with Crippen LogP contribution in [0.2, 0.25) is 0 Å². The molecule has 16 heavy (non-hydrogen) atoms. The first-order chi connectivity index (χ1) is 7.76. The predicted molar refractivity (Wildman–Crippen MR) is 70.7 cm³/mol. The molecule has 0 saturated carbocycles. The van der Waals surface area contributed by atoms with E-state index >= 15 is 0 Å². The van der Waals surface area contributed by atoms with E-state index in [1.165, 1.54) is 24.9 Å². The van der Waals surface area contributed by atoms with E-state index in [9.17, 15) is 0 Å². The SMILES string of the molecule is CCC1CCCN1c1ccc(CO)cc1Br. The van der Waals surface area contributed by atoms with Crippen molar-refractivity contribution in [2.75, 3.05) is 11.4 Å². The fourth-order valence-electron chi connectivity index (χ4n) is 2.46. The van der Waals surface area contributed by atoms with Crippen LogP contribution in [-0.4, -0.2) is 17.7 Å². The number of benzene rings is 1. The molecule has 1 aromatic rings. The molecule has 2 rings (SSSR count). The Kier molecular flexibility index (Phi) is 3.87. The summed E-state index contributed by atoms with van der Waals surface area (Å²) in [5.41, 5.74) is 2.23. The maximum Gasteiger partial charge on any atom is 0.0682 e. The maximum absolute atomic E-state index is 9.08. The molecule has 88 valence electrons. The second-order valence-electron chi connectivity index (χ2n) is 4.34. The van der Waals surface area contributed by atoms with Crippen molar-refractivity contribution in [2.45, 2.75) is 38.8 Å². The number of halogens is 1. The van der Waals surface area contributed by atoms with Crippen LogP contribution in [0.5, 0.6) is 0 Å². The molecule has 1 fully saturated rings. The smallest absolute Gasteiger partial charge is 0.0682 e. The minimum absolute atomic E-state index is 0.107. The molecule has 1 heterocycles. The highest BCUT2D eigenvalue weighted by Crippen LogP contribution is 2.33. The Morgan fingerprint density at radius 2 is 2.31 bits per heavy atom. The first-order valence-corrected chi connectivity index (χ1v) is 6.71. The van der Waals surface area contributed by atoms with Gasteiger partial charge in [0.1, 0.15) is 0 Å². The zero-order valence-corrected chi connectivity index (χ0v) is 11.2. The molecular formula is C13H18BrNO. The van der Waals surface area contributed by atoms with Crippen LogP contribution in [0.15, 0.2) is 22.7 Å². The molecule has 1 unspecified atom stereocenters. The van der Waals surface area contributed by atoms with Gasteiger partial charge in [-0.2, -0.15) is 0 Å². The lowest BCUT2D eigenvalue weighted by molar-refractivity contribution is 0.282. The van der Waals surface area contributed by atoms with Crippen molar-refractivity contribution in [2.24, 2.45) is 0 Å². The third-order valence-electron chi connectivity index (χ3n) is 3.35. The van der Waals surface area contributed by atoms with Crippen LogP contribution in [-0.2, 0) is 6.61 Å². The predicted octanol–water partition coefficient (Wildman–Crippen LogP) is 3.32. The topological polar surface area (TPSA) is 23.5 Å². The summed E-state index contributed by atoms with van der Waals surface area (Å²) >= 11 is 3.60. The number of hydrogen-bond acceptors (Lipinski definition) is 2. The molecule has 1 N–H and O–H groups in total. The molecule has 0 bridgehead atoms. The van der Waals surface area contributed by atoms with Crippen molar-refractivity contribution < 1.29 is 5.11 Å². The van der Waals surface area contributed by atoms with E-state index in [2.05, 4.69) is 33.8 Å². The Morgan fingerprint density at radius 3 is 2.94 bits per heavy atom. The number of aliphatic hydroxyl groups excluding tert-OH is 1. The van der Waals surface area contributed by atoms with Gasteiger partial charge in [0, 0.05) is 17.1 Å². The van der Waals surface area contributed by atoms with E-state index in [0.29, 0.717) is 6.04 Å². The van der Waals surface area contributed by atoms with Gasteiger partial charge in [-0.25, -0.2) is 0 Å². The van der Waals surface area contributed by atoms with Gasteiger partial charge < -0.3 is 10.0 Å². The number of nitrogens with zero attached hydrogens (tertiary/aromatic N) is 1. The average molecular weight is 284 g/mol. The van der Waals surface area contributed by atoms with Crippen molar-refractivity contribution in [3.05, 3.63) is 28.2 Å². The molecule has 0 amide bonds. The lowest BCUT2D eigenvalue weighted by atomic mass is 10.1. The van der Waals surface area contributed by atoms with E-state index in [-0.39, 0.29) is 6.61 Å². The summed E-state index contributed by atoms with van der Waals surface area (Å²) in [5, 5.41) is 9.08. The minimum Gasteiger partial charge on any atom is -0.392 e. The molecule has 0 spiro atoms. The Hall–Kier alpha value is -0.540. The first-order valence-electron chi connectivity index (χ1n) is 5.92. The van der Waals surface area contributed by atoms with E-state index in [1.54, 1.807) is 0 Å². The van der Waals surface area contributed by atoms with Gasteiger partial charge in [-0.1, -0.05) is 13.0 Å². The van der Waals surface area contributed by atoms with Gasteiger partial charge in [0.2, 0.25) is 0 Å². The number of aliphatic hydroxyl groups is 1. The van der Waals surface area contributed by atoms with E-state index in [1.807, 2.05) is 12.1 Å². The lowest BCUT2D eigenvalue weighted by Crippen LogP contribution is -2.28. The van der Waals surface area contributed by atoms with E-state index in [0.717, 1.165) is 16.6 Å². The number of anilines is 1. The van der Waals surface area contributed by atoms with Crippen molar-refractivity contribution in [3.8, 4) is 0 Å². The molecule has 1 aromatic carbocycles. The molecule has 1 aliphatic heterocycles. The first kappa shape index (κ1) is 11.9. The fraction of sp³-hybridized carbons (Fsp3) is 0.538. The maximum atomic E-state index is 9.08. The minimum atomic E-state index is 0.107. The third kappa shape index (κ3) is 2.25. The van der Waals surface area contributed by atoms with Crippen LogP contribution in [0.3, 0.4) is 0 Å². The van der Waals surface area contributed by atoms with Gasteiger partial charge in [0.05, 0.1) is 12.3 Å². The summed E-state index contributed by atoms with van der Waals surface area (Å²) in [5.74, 6) is 0. The molecule has 0 aromatic heterocycles. The summed E-state index contributed by atoms with van der Waals surface area (Å²) in [6.45, 7) is 3.50. The molecule has 2 nitrogen and oxygen atoms in total. The van der Waals surface area contributed by atoms with Gasteiger partial charge in [-0.15, -0.1) is 0 Å². The summed E-state index contributed by atoms with van der Waals surface area (Å²) in [6, 6.07) is 6.81. The number of hydrogen-bond donors (Lipinski definition) is 1. The monoisotopic (exact) mass is 283 g/mol. The third-order valence-corrected chi connectivity index (χ3v) is 3.99. The van der Waals surface area contributed by atoms with Gasteiger partial charge in [-0.3, -0.25) is 0 Å². The second-order valence-corrected chi connectivity index (χ2v) is 5.20. The van der Waals surface area contributed by atoms with Gasteiger partial charge in [0.15, 0.2) is 0 Å². The van der Waals surface area contributed by atoms with Crippen LogP contribution in [0.1, 0.15) is 31.7 Å². The Bertz CT molecular complexity index is 367. The van der Waals surface area contributed by atoms with Crippen molar-refractivity contribution >= 4 is 21.6 Å². The van der Waals surface area contributed by atoms with Crippen LogP contribution < -0.4 is 4.90 Å². The van der Waals surface area contributed by atoms with E-state index < -0.39 is 0 Å². The largest absolute Gasteiger partial charge is 0.392 e. The molecule has 1 aliphatic rings. The molecule has 0 aliphatic carbocycles. The highest BCUT2D eigenvalue weighted by molar-refractivity contribution is 9.10. The summed E-state index contributed by atoms with van der Waals surface area (Å²) < 4.78 is 1.10. The van der Waals surface area contributed by atoms with Crippen molar-refractivity contribution in [1.29, 1.82) is 0 Å². The number of rotatable bonds is 3. The Morgan fingerprint density at radius 1 is 1.50 bits per heavy atom. The highest BCUT2D eigenvalue weighted by Gasteiger charge is 2.24. The van der Waals surface area contributed by atoms with Crippen LogP contribution in [0.25, 0.3) is 0 Å². The van der Waals surface area contributed by atoms with Crippen molar-refractivity contribution in [1.82, 2.24) is 0 Å². The summed E-state index contributed by atoms with van der Waals surface area (Å²) in [6.07, 6.45) is 3.78. The van der Waals surface area contributed by atoms with Crippen LogP contribution in [0.4, 0.5) is 5.69 Å². The molecule has 0 radical (unpaired) electrons. The van der Waals surface area contributed by atoms with E-state index in [4.69, 9.17) is 5.11 Å². The molecule has 3 heteroatoms. The molecule has 1 saturated heterocycles. The standard InChI is InChI=1S/C13H18BrNO/c1-2-11-4-3-7-15(11)13-6-5-10(9-16)8-12(13)14/h5-6,8,11,16H,2-4,7,9H2,1H3. The Balaban J connectivity index is 2.26. The molecular weight excluding hydrogens is 266 g/mol. The average Bonchev–Trinajstić information content (AvgIpc) is 2.76. The normalized spacial score (nSPS) is 20.4. The zero-order valence-electron chi connectivity index (χ0n) is 9.62. The van der Waals surface area contributed by atoms with Gasteiger partial charge >= 0.3 is 0 Å². The van der Waals surface area contributed by atoms with Crippen LogP contribution in [0, 0.1) is 0 Å². The quantitative estimate of drug-likeness (QED) is 0.920. The lowest BCUT2D eigenvalue weighted by Gasteiger charge is -2.27. The second kappa shape index (κ2) is 5.19. The summed E-state index contributed by atoms with van der Waals surface area (Å²) in [4.78, 5) is 2.48. The summed E-state index contributed by atoms with van der Waals surface area (Å²) in [7, 11) is 0. The van der Waals surface area contributed by atoms with Crippen molar-refractivity contribution in [3.63, 3.8) is 0 Å². The van der Waals surface area contributed by atoms with Gasteiger partial charge in [0.25, 0.3) is 0 Å². The van der Waals surface area contributed by atoms with Crippen LogP contribution >= 0.6 is 15.9 Å². The van der Waals surface area contributed by atoms with Gasteiger partial charge in [-0.05, 0) is 52.9 Å². The zero-order chi connectivity index (χ0) is 11.5. The highest BCUT2D eigenvalue weighted by atomic mass is 79.9. The molecule has 1 atom stereocenters. The fourth-order valence-corrected chi connectivity index (χ4v) is 3.11.